The van der Waals surface area contributed by atoms with Crippen molar-refractivity contribution in [2.45, 2.75) is 12.5 Å². The number of nitrogens with zero attached hydrogens (tertiary/aromatic N) is 1. The van der Waals surface area contributed by atoms with Crippen LogP contribution in [0.3, 0.4) is 0 Å². The van der Waals surface area contributed by atoms with Crippen LogP contribution in [0.25, 0.3) is 0 Å². The maximum atomic E-state index is 12.8. The highest BCUT2D eigenvalue weighted by molar-refractivity contribution is 9.10. The van der Waals surface area contributed by atoms with Gasteiger partial charge in [-0.2, -0.15) is 0 Å². The molecule has 3 aromatic carbocycles. The molecule has 5 nitrogen and oxygen atoms in total. The third-order valence-electron chi connectivity index (χ3n) is 4.34. The van der Waals surface area contributed by atoms with Gasteiger partial charge in [0.15, 0.2) is 5.60 Å². The molecule has 0 spiro atoms. The molecule has 0 bridgehead atoms. The summed E-state index contributed by atoms with van der Waals surface area (Å²) in [5, 5.41) is 10.8. The highest BCUT2D eigenvalue weighted by atomic mass is 79.9. The topological polar surface area (TPSA) is 69.4 Å². The van der Waals surface area contributed by atoms with Crippen LogP contribution >= 0.6 is 15.9 Å². The minimum absolute atomic E-state index is 0.110. The molecule has 0 N–H and O–H groups in total. The van der Waals surface area contributed by atoms with Crippen LogP contribution in [-0.2, 0) is 10.3 Å². The third-order valence-corrected chi connectivity index (χ3v) is 5.03. The second-order valence-electron chi connectivity index (χ2n) is 6.57. The molecule has 31 heavy (non-hydrogen) atoms. The van der Waals surface area contributed by atoms with Gasteiger partial charge in [-0.3, -0.25) is 10.1 Å². The summed E-state index contributed by atoms with van der Waals surface area (Å²) >= 11 is 3.48. The summed E-state index contributed by atoms with van der Waals surface area (Å²) in [6.45, 7) is 1.67. The van der Waals surface area contributed by atoms with Crippen LogP contribution in [-0.4, -0.2) is 10.9 Å². The zero-order valence-electron chi connectivity index (χ0n) is 16.5. The number of nitro benzene ring substituents is 1. The van der Waals surface area contributed by atoms with Crippen molar-refractivity contribution in [2.24, 2.45) is 0 Å². The summed E-state index contributed by atoms with van der Waals surface area (Å²) in [7, 11) is 0. The van der Waals surface area contributed by atoms with E-state index < -0.39 is 16.5 Å². The van der Waals surface area contributed by atoms with Crippen molar-refractivity contribution >= 4 is 27.6 Å². The Hall–Kier alpha value is -3.87. The summed E-state index contributed by atoms with van der Waals surface area (Å²) in [5.41, 5.74) is 0.244. The Morgan fingerprint density at radius 1 is 0.968 bits per heavy atom. The van der Waals surface area contributed by atoms with Crippen molar-refractivity contribution in [1.29, 1.82) is 0 Å². The van der Waals surface area contributed by atoms with E-state index in [1.165, 1.54) is 24.3 Å². The third kappa shape index (κ3) is 5.60. The van der Waals surface area contributed by atoms with Crippen molar-refractivity contribution in [3.05, 3.63) is 110 Å². The number of hydrogen-bond acceptors (Lipinski definition) is 4. The monoisotopic (exact) mass is 473 g/mol. The number of ether oxygens (including phenoxy) is 1. The molecule has 0 saturated heterocycles. The normalized spacial score (nSPS) is 11.7. The minimum Gasteiger partial charge on any atom is -0.438 e. The van der Waals surface area contributed by atoms with Gasteiger partial charge < -0.3 is 4.74 Å². The van der Waals surface area contributed by atoms with Gasteiger partial charge in [-0.1, -0.05) is 58.2 Å². The van der Waals surface area contributed by atoms with Crippen molar-refractivity contribution < 1.29 is 14.5 Å². The van der Waals surface area contributed by atoms with E-state index in [2.05, 4.69) is 39.6 Å². The first kappa shape index (κ1) is 21.8. The van der Waals surface area contributed by atoms with Crippen LogP contribution in [0.1, 0.15) is 28.4 Å². The Morgan fingerprint density at radius 2 is 1.61 bits per heavy atom. The van der Waals surface area contributed by atoms with Gasteiger partial charge in [0.1, 0.15) is 0 Å². The number of carbonyl (C=O) groups excluding carboxylic acids is 1. The molecule has 0 heterocycles. The van der Waals surface area contributed by atoms with Gasteiger partial charge in [-0.15, -0.1) is 0 Å². The van der Waals surface area contributed by atoms with Crippen LogP contribution in [0.4, 0.5) is 5.69 Å². The predicted octanol–water partition coefficient (Wildman–Crippen LogP) is 5.48. The van der Waals surface area contributed by atoms with Crippen LogP contribution < -0.4 is 0 Å². The number of hydrogen-bond donors (Lipinski definition) is 0. The summed E-state index contributed by atoms with van der Waals surface area (Å²) in [5.74, 6) is 10.8. The quantitative estimate of drug-likeness (QED) is 0.217. The maximum Gasteiger partial charge on any atom is 0.339 e. The van der Waals surface area contributed by atoms with Gasteiger partial charge >= 0.3 is 5.97 Å². The lowest BCUT2D eigenvalue weighted by Gasteiger charge is -2.25. The SMILES string of the molecule is C[C@@](C#CC#Cc1ccccc1)(OC(=O)c1ccc([N+](=O)[O-])cc1)c1ccccc1Br. The van der Waals surface area contributed by atoms with Crippen molar-refractivity contribution in [3.63, 3.8) is 0 Å². The van der Waals surface area contributed by atoms with E-state index >= 15 is 0 Å². The van der Waals surface area contributed by atoms with Gasteiger partial charge in [-0.05, 0) is 55.0 Å². The average Bonchev–Trinajstić information content (AvgIpc) is 2.78. The fraction of sp³-hybridized carbons (Fsp3) is 0.0800. The van der Waals surface area contributed by atoms with E-state index in [1.54, 1.807) is 13.0 Å². The number of esters is 1. The minimum atomic E-state index is -1.30. The Balaban J connectivity index is 1.93. The lowest BCUT2D eigenvalue weighted by atomic mass is 9.96. The summed E-state index contributed by atoms with van der Waals surface area (Å²) in [4.78, 5) is 23.1. The lowest BCUT2D eigenvalue weighted by molar-refractivity contribution is -0.384. The molecule has 0 aromatic heterocycles. The Labute approximate surface area is 188 Å². The fourth-order valence-electron chi connectivity index (χ4n) is 2.73. The maximum absolute atomic E-state index is 12.8. The highest BCUT2D eigenvalue weighted by Gasteiger charge is 2.31. The van der Waals surface area contributed by atoms with Crippen LogP contribution in [0.15, 0.2) is 83.3 Å². The molecule has 0 aliphatic rings. The molecule has 0 fully saturated rings. The zero-order chi connectivity index (χ0) is 22.3. The van der Waals surface area contributed by atoms with Crippen LogP contribution in [0, 0.1) is 33.8 Å². The van der Waals surface area contributed by atoms with E-state index in [4.69, 9.17) is 4.74 Å². The molecule has 152 valence electrons. The number of nitro groups is 1. The largest absolute Gasteiger partial charge is 0.438 e. The molecule has 3 rings (SSSR count). The molecule has 6 heteroatoms. The fourth-order valence-corrected chi connectivity index (χ4v) is 3.40. The summed E-state index contributed by atoms with van der Waals surface area (Å²) in [6, 6.07) is 21.9. The standard InChI is InChI=1S/C25H16BrNO4/c1-25(22-12-5-6-13-23(22)26,18-8-7-11-19-9-3-2-4-10-19)31-24(28)20-14-16-21(17-15-20)27(29)30/h2-6,9-10,12-17H,1H3/t25-/m0/s1. The molecule has 1 atom stereocenters. The van der Waals surface area contributed by atoms with E-state index in [0.29, 0.717) is 5.56 Å². The van der Waals surface area contributed by atoms with Crippen LogP contribution in [0.5, 0.6) is 0 Å². The Kier molecular flexibility index (Phi) is 6.87. The molecule has 3 aromatic rings. The van der Waals surface area contributed by atoms with Gasteiger partial charge in [0.25, 0.3) is 5.69 Å². The first-order valence-electron chi connectivity index (χ1n) is 9.20. The average molecular weight is 474 g/mol. The van der Waals surface area contributed by atoms with Gasteiger partial charge in [0.05, 0.1) is 10.5 Å². The molecule has 0 aliphatic carbocycles. The Morgan fingerprint density at radius 3 is 2.26 bits per heavy atom. The van der Waals surface area contributed by atoms with E-state index in [1.807, 2.05) is 48.5 Å². The van der Waals surface area contributed by atoms with Crippen molar-refractivity contribution in [1.82, 2.24) is 0 Å². The first-order chi connectivity index (χ1) is 14.9. The van der Waals surface area contributed by atoms with Crippen molar-refractivity contribution in [2.75, 3.05) is 0 Å². The number of halogens is 1. The summed E-state index contributed by atoms with van der Waals surface area (Å²) in [6.07, 6.45) is 0. The Bertz CT molecular complexity index is 1230. The zero-order valence-corrected chi connectivity index (χ0v) is 18.0. The number of rotatable bonds is 4. The molecular formula is C25H16BrNO4. The highest BCUT2D eigenvalue weighted by Crippen LogP contribution is 2.32. The molecule has 0 amide bonds. The molecule has 0 aliphatic heterocycles. The second kappa shape index (κ2) is 9.75. The number of benzene rings is 3. The van der Waals surface area contributed by atoms with Crippen LogP contribution in [0.2, 0.25) is 0 Å². The van der Waals surface area contributed by atoms with E-state index in [9.17, 15) is 14.9 Å². The second-order valence-corrected chi connectivity index (χ2v) is 7.43. The van der Waals surface area contributed by atoms with Gasteiger partial charge in [0, 0.05) is 27.7 Å². The number of non-ortho nitro benzene ring substituents is 1. The molecule has 0 unspecified atom stereocenters. The van der Waals surface area contributed by atoms with E-state index in [0.717, 1.165) is 10.0 Å². The predicted molar refractivity (Wildman–Crippen MR) is 121 cm³/mol. The van der Waals surface area contributed by atoms with Gasteiger partial charge in [0.2, 0.25) is 0 Å². The summed E-state index contributed by atoms with van der Waals surface area (Å²) < 4.78 is 6.48. The molecular weight excluding hydrogens is 458 g/mol. The van der Waals surface area contributed by atoms with E-state index in [-0.39, 0.29) is 11.3 Å². The molecule has 0 saturated carbocycles. The van der Waals surface area contributed by atoms with Gasteiger partial charge in [-0.25, -0.2) is 4.79 Å². The lowest BCUT2D eigenvalue weighted by Crippen LogP contribution is -2.28. The molecule has 0 radical (unpaired) electrons. The van der Waals surface area contributed by atoms with Crippen molar-refractivity contribution in [3.8, 4) is 23.7 Å². The first-order valence-corrected chi connectivity index (χ1v) is 9.99. The number of carbonyl (C=O) groups is 1. The smallest absolute Gasteiger partial charge is 0.339 e.